The fourth-order valence-electron chi connectivity index (χ4n) is 2.23. The molecule has 0 heterocycles. The lowest BCUT2D eigenvalue weighted by Crippen LogP contribution is -2.44. The van der Waals surface area contributed by atoms with Crippen molar-refractivity contribution in [3.8, 4) is 0 Å². The number of hydrogen-bond donors (Lipinski definition) is 1. The smallest absolute Gasteiger partial charge is 0.422 e. The average molecular weight is 471 g/mol. The lowest BCUT2D eigenvalue weighted by atomic mass is 10.2. The Morgan fingerprint density at radius 1 is 0.788 bits per heavy atom. The summed E-state index contributed by atoms with van der Waals surface area (Å²) >= 11 is 0. The van der Waals surface area contributed by atoms with Gasteiger partial charge >= 0.3 is 30.1 Å². The Morgan fingerprint density at radius 3 is 1.73 bits per heavy atom. The molecule has 0 atom stereocenters. The molecule has 188 valence electrons. The zero-order chi connectivity index (χ0) is 25.8. The second kappa shape index (κ2) is 13.5. The highest BCUT2D eigenvalue weighted by molar-refractivity contribution is 5.89. The molecule has 0 saturated heterocycles. The summed E-state index contributed by atoms with van der Waals surface area (Å²) in [7, 11) is 1.68. The average Bonchev–Trinajstić information content (AvgIpc) is 2.64. The molecule has 0 spiro atoms. The summed E-state index contributed by atoms with van der Waals surface area (Å²) in [6, 6.07) is 0. The van der Waals surface area contributed by atoms with Crippen molar-refractivity contribution in [3.63, 3.8) is 0 Å². The monoisotopic (exact) mass is 470 g/mol. The van der Waals surface area contributed by atoms with Crippen LogP contribution < -0.4 is 5.32 Å². The molecule has 33 heavy (non-hydrogen) atoms. The number of amides is 2. The minimum absolute atomic E-state index is 0.0360. The lowest BCUT2D eigenvalue weighted by molar-refractivity contribution is -0.307. The van der Waals surface area contributed by atoms with E-state index in [0.29, 0.717) is 19.5 Å². The SMILES string of the molecule is C=C(C)C(=O)OC(C)(OC(=O)NCCCCCCN(C)C(=O)OC(C)(C)C)OC(=O)C(=C)C. The first-order valence-electron chi connectivity index (χ1n) is 10.7. The van der Waals surface area contributed by atoms with Crippen molar-refractivity contribution in [3.05, 3.63) is 24.3 Å². The minimum Gasteiger partial charge on any atom is -0.444 e. The summed E-state index contributed by atoms with van der Waals surface area (Å²) in [4.78, 5) is 49.2. The maximum atomic E-state index is 12.1. The largest absolute Gasteiger partial charge is 0.444 e. The van der Waals surface area contributed by atoms with Crippen LogP contribution in [0.15, 0.2) is 24.3 Å². The zero-order valence-corrected chi connectivity index (χ0v) is 20.9. The standard InChI is InChI=1S/C23H38N2O8/c1-16(2)18(26)30-23(8,31-19(27)17(3)4)32-20(28)24-14-12-10-11-13-15-25(9)21(29)33-22(5,6)7/h1,3,10-15H2,2,4-9H3,(H,24,28). The van der Waals surface area contributed by atoms with Gasteiger partial charge in [0.05, 0.1) is 6.92 Å². The van der Waals surface area contributed by atoms with Crippen LogP contribution in [0.5, 0.6) is 0 Å². The molecule has 0 saturated carbocycles. The van der Waals surface area contributed by atoms with Crippen LogP contribution in [0.4, 0.5) is 9.59 Å². The highest BCUT2D eigenvalue weighted by Gasteiger charge is 2.38. The fourth-order valence-corrected chi connectivity index (χ4v) is 2.23. The normalized spacial score (nSPS) is 11.1. The van der Waals surface area contributed by atoms with E-state index in [4.69, 9.17) is 18.9 Å². The quantitative estimate of drug-likeness (QED) is 0.196. The molecule has 0 aromatic heterocycles. The Hall–Kier alpha value is -3.04. The van der Waals surface area contributed by atoms with Crippen molar-refractivity contribution in [2.24, 2.45) is 0 Å². The first kappa shape index (κ1) is 30.0. The van der Waals surface area contributed by atoms with Crippen LogP contribution in [-0.2, 0) is 28.5 Å². The summed E-state index contributed by atoms with van der Waals surface area (Å²) < 4.78 is 20.3. The molecule has 10 heteroatoms. The molecule has 0 aliphatic carbocycles. The van der Waals surface area contributed by atoms with E-state index >= 15 is 0 Å². The lowest BCUT2D eigenvalue weighted by Gasteiger charge is -2.28. The van der Waals surface area contributed by atoms with Crippen LogP contribution in [-0.4, -0.2) is 60.7 Å². The number of carbonyl (C=O) groups excluding carboxylic acids is 4. The molecule has 10 nitrogen and oxygen atoms in total. The number of unbranched alkanes of at least 4 members (excludes halogenated alkanes) is 3. The first-order chi connectivity index (χ1) is 15.1. The number of esters is 2. The Labute approximate surface area is 196 Å². The summed E-state index contributed by atoms with van der Waals surface area (Å²) in [6.45, 7) is 17.1. The van der Waals surface area contributed by atoms with Crippen LogP contribution in [0.3, 0.4) is 0 Å². The van der Waals surface area contributed by atoms with Crippen LogP contribution in [0.2, 0.25) is 0 Å². The van der Waals surface area contributed by atoms with Gasteiger partial charge < -0.3 is 29.2 Å². The van der Waals surface area contributed by atoms with Crippen molar-refractivity contribution in [2.75, 3.05) is 20.1 Å². The predicted octanol–water partition coefficient (Wildman–Crippen LogP) is 4.05. The van der Waals surface area contributed by atoms with E-state index in [1.807, 2.05) is 20.8 Å². The summed E-state index contributed by atoms with van der Waals surface area (Å²) in [5.41, 5.74) is -0.462. The number of rotatable bonds is 12. The van der Waals surface area contributed by atoms with Gasteiger partial charge in [-0.15, -0.1) is 0 Å². The van der Waals surface area contributed by atoms with E-state index < -0.39 is 29.6 Å². The zero-order valence-electron chi connectivity index (χ0n) is 20.9. The Bertz CT molecular complexity index is 711. The van der Waals surface area contributed by atoms with Gasteiger partial charge in [-0.1, -0.05) is 26.0 Å². The maximum absolute atomic E-state index is 12.1. The van der Waals surface area contributed by atoms with E-state index in [1.165, 1.54) is 18.7 Å². The van der Waals surface area contributed by atoms with Gasteiger partial charge in [0, 0.05) is 31.3 Å². The molecule has 0 aromatic carbocycles. The number of carbonyl (C=O) groups is 4. The van der Waals surface area contributed by atoms with Crippen molar-refractivity contribution in [1.82, 2.24) is 10.2 Å². The summed E-state index contributed by atoms with van der Waals surface area (Å²) in [5.74, 6) is -4.06. The molecule has 0 unspecified atom stereocenters. The van der Waals surface area contributed by atoms with Crippen LogP contribution in [0.25, 0.3) is 0 Å². The fraction of sp³-hybridized carbons (Fsp3) is 0.652. The maximum Gasteiger partial charge on any atom is 0.422 e. The first-order valence-corrected chi connectivity index (χ1v) is 10.7. The molecule has 0 aliphatic rings. The highest BCUT2D eigenvalue weighted by atomic mass is 16.9. The Balaban J connectivity index is 4.40. The van der Waals surface area contributed by atoms with Gasteiger partial charge in [-0.2, -0.15) is 0 Å². The van der Waals surface area contributed by atoms with Crippen molar-refractivity contribution in [2.45, 2.75) is 78.8 Å². The van der Waals surface area contributed by atoms with Gasteiger partial charge in [-0.25, -0.2) is 19.2 Å². The molecule has 0 aromatic rings. The Morgan fingerprint density at radius 2 is 1.27 bits per heavy atom. The van der Waals surface area contributed by atoms with Crippen LogP contribution >= 0.6 is 0 Å². The van der Waals surface area contributed by atoms with Gasteiger partial charge in [0.1, 0.15) is 5.60 Å². The topological polar surface area (TPSA) is 120 Å². The van der Waals surface area contributed by atoms with E-state index in [2.05, 4.69) is 18.5 Å². The third-order valence-corrected chi connectivity index (χ3v) is 3.93. The molecule has 0 rings (SSSR count). The number of alkyl carbamates (subject to hydrolysis) is 1. The van der Waals surface area contributed by atoms with Gasteiger partial charge in [-0.3, -0.25) is 0 Å². The van der Waals surface area contributed by atoms with Crippen molar-refractivity contribution in [1.29, 1.82) is 0 Å². The van der Waals surface area contributed by atoms with E-state index in [0.717, 1.165) is 26.2 Å². The highest BCUT2D eigenvalue weighted by Crippen LogP contribution is 2.19. The number of ether oxygens (including phenoxy) is 4. The molecule has 0 fully saturated rings. The number of hydrogen-bond acceptors (Lipinski definition) is 8. The van der Waals surface area contributed by atoms with Gasteiger partial charge in [0.25, 0.3) is 0 Å². The third-order valence-electron chi connectivity index (χ3n) is 3.93. The van der Waals surface area contributed by atoms with Crippen LogP contribution in [0, 0.1) is 0 Å². The van der Waals surface area contributed by atoms with E-state index in [1.54, 1.807) is 7.05 Å². The van der Waals surface area contributed by atoms with E-state index in [9.17, 15) is 19.2 Å². The van der Waals surface area contributed by atoms with Gasteiger partial charge in [0.2, 0.25) is 0 Å². The summed E-state index contributed by atoms with van der Waals surface area (Å²) in [6.07, 6.45) is 1.79. The summed E-state index contributed by atoms with van der Waals surface area (Å²) in [5, 5.41) is 2.51. The minimum atomic E-state index is -2.28. The van der Waals surface area contributed by atoms with Crippen molar-refractivity contribution >= 4 is 24.1 Å². The Kier molecular flexibility index (Phi) is 12.3. The molecule has 0 radical (unpaired) electrons. The molecular formula is C23H38N2O8. The van der Waals surface area contributed by atoms with Gasteiger partial charge in [0.15, 0.2) is 0 Å². The van der Waals surface area contributed by atoms with Crippen molar-refractivity contribution < 1.29 is 38.1 Å². The molecule has 0 aliphatic heterocycles. The third kappa shape index (κ3) is 13.9. The second-order valence-electron chi connectivity index (χ2n) is 8.83. The predicted molar refractivity (Wildman–Crippen MR) is 122 cm³/mol. The molecule has 1 N–H and O–H groups in total. The second-order valence-corrected chi connectivity index (χ2v) is 8.83. The molecular weight excluding hydrogens is 432 g/mol. The molecule has 0 bridgehead atoms. The number of nitrogens with zero attached hydrogens (tertiary/aromatic N) is 1. The van der Waals surface area contributed by atoms with Crippen LogP contribution in [0.1, 0.15) is 67.2 Å². The van der Waals surface area contributed by atoms with Gasteiger partial charge in [-0.05, 0) is 47.5 Å². The molecule has 2 amide bonds. The number of nitrogens with one attached hydrogen (secondary N) is 1. The van der Waals surface area contributed by atoms with E-state index in [-0.39, 0.29) is 17.2 Å².